The van der Waals surface area contributed by atoms with Gasteiger partial charge in [0.15, 0.2) is 0 Å². The average molecular weight is 200 g/mol. The maximum atomic E-state index is 8.91. The zero-order chi connectivity index (χ0) is 10.7. The molecule has 0 aliphatic carbocycles. The van der Waals surface area contributed by atoms with Crippen LogP contribution in [0.15, 0.2) is 42.5 Å². The molecule has 15 heavy (non-hydrogen) atoms. The van der Waals surface area contributed by atoms with Gasteiger partial charge < -0.3 is 5.11 Å². The van der Waals surface area contributed by atoms with E-state index in [1.807, 2.05) is 0 Å². The van der Waals surface area contributed by atoms with Gasteiger partial charge in [-0.1, -0.05) is 49.4 Å². The normalized spacial score (nSPS) is 12.9. The molecule has 0 spiro atoms. The maximum Gasteiger partial charge on any atom is 0.0436 e. The number of rotatable bonds is 3. The SMILES string of the molecule is CC(CCO)c1ccc2ccccc2c1. The second-order valence-electron chi connectivity index (χ2n) is 4.02. The van der Waals surface area contributed by atoms with Crippen LogP contribution in [0.1, 0.15) is 24.8 Å². The van der Waals surface area contributed by atoms with Crippen molar-refractivity contribution >= 4 is 10.8 Å². The molecule has 0 saturated carbocycles. The molecule has 1 unspecified atom stereocenters. The van der Waals surface area contributed by atoms with Gasteiger partial charge in [0.1, 0.15) is 0 Å². The van der Waals surface area contributed by atoms with Crippen molar-refractivity contribution in [3.8, 4) is 0 Å². The zero-order valence-corrected chi connectivity index (χ0v) is 8.98. The molecule has 0 aromatic heterocycles. The van der Waals surface area contributed by atoms with Crippen LogP contribution >= 0.6 is 0 Å². The molecule has 2 rings (SSSR count). The molecule has 1 N–H and O–H groups in total. The predicted molar refractivity (Wildman–Crippen MR) is 64.1 cm³/mol. The minimum atomic E-state index is 0.258. The standard InChI is InChI=1S/C14H16O/c1-11(8-9-15)13-7-6-12-4-2-3-5-14(12)10-13/h2-7,10-11,15H,8-9H2,1H3. The lowest BCUT2D eigenvalue weighted by molar-refractivity contribution is 0.278. The van der Waals surface area contributed by atoms with E-state index in [1.165, 1.54) is 16.3 Å². The van der Waals surface area contributed by atoms with Gasteiger partial charge in [-0.3, -0.25) is 0 Å². The summed E-state index contributed by atoms with van der Waals surface area (Å²) in [7, 11) is 0. The van der Waals surface area contributed by atoms with Gasteiger partial charge in [0.25, 0.3) is 0 Å². The Labute approximate surface area is 90.4 Å². The Hall–Kier alpha value is -1.34. The molecule has 0 heterocycles. The van der Waals surface area contributed by atoms with E-state index in [4.69, 9.17) is 5.11 Å². The van der Waals surface area contributed by atoms with Gasteiger partial charge in [-0.05, 0) is 28.7 Å². The Morgan fingerprint density at radius 1 is 1.07 bits per heavy atom. The van der Waals surface area contributed by atoms with Gasteiger partial charge >= 0.3 is 0 Å². The highest BCUT2D eigenvalue weighted by atomic mass is 16.3. The first-order valence-electron chi connectivity index (χ1n) is 5.41. The number of aliphatic hydroxyl groups excluding tert-OH is 1. The summed E-state index contributed by atoms with van der Waals surface area (Å²) in [5.41, 5.74) is 1.31. The van der Waals surface area contributed by atoms with Crippen molar-refractivity contribution < 1.29 is 5.11 Å². The summed E-state index contributed by atoms with van der Waals surface area (Å²) in [5.74, 6) is 0.430. The molecule has 0 aliphatic heterocycles. The molecule has 0 saturated heterocycles. The Morgan fingerprint density at radius 2 is 1.80 bits per heavy atom. The minimum Gasteiger partial charge on any atom is -0.396 e. The van der Waals surface area contributed by atoms with E-state index in [0.717, 1.165) is 6.42 Å². The molecular weight excluding hydrogens is 184 g/mol. The Balaban J connectivity index is 2.38. The van der Waals surface area contributed by atoms with Crippen LogP contribution in [-0.2, 0) is 0 Å². The van der Waals surface area contributed by atoms with Crippen LogP contribution in [0.25, 0.3) is 10.8 Å². The van der Waals surface area contributed by atoms with E-state index < -0.39 is 0 Å². The highest BCUT2D eigenvalue weighted by molar-refractivity contribution is 5.83. The van der Waals surface area contributed by atoms with Crippen LogP contribution < -0.4 is 0 Å². The molecule has 0 radical (unpaired) electrons. The van der Waals surface area contributed by atoms with Crippen LogP contribution in [0.4, 0.5) is 0 Å². The predicted octanol–water partition coefficient (Wildman–Crippen LogP) is 3.33. The van der Waals surface area contributed by atoms with Crippen LogP contribution in [0.5, 0.6) is 0 Å². The second kappa shape index (κ2) is 4.45. The van der Waals surface area contributed by atoms with Crippen molar-refractivity contribution in [2.24, 2.45) is 0 Å². The molecule has 1 nitrogen and oxygen atoms in total. The first-order valence-corrected chi connectivity index (χ1v) is 5.41. The van der Waals surface area contributed by atoms with Crippen molar-refractivity contribution in [3.05, 3.63) is 48.0 Å². The van der Waals surface area contributed by atoms with E-state index in [9.17, 15) is 0 Å². The highest BCUT2D eigenvalue weighted by Gasteiger charge is 2.04. The smallest absolute Gasteiger partial charge is 0.0436 e. The first-order chi connectivity index (χ1) is 7.31. The molecule has 2 aromatic rings. The van der Waals surface area contributed by atoms with Crippen LogP contribution in [0, 0.1) is 0 Å². The summed E-state index contributed by atoms with van der Waals surface area (Å²) in [6, 6.07) is 14.9. The minimum absolute atomic E-state index is 0.258. The Bertz CT molecular complexity index is 448. The number of hydrogen-bond acceptors (Lipinski definition) is 1. The van der Waals surface area contributed by atoms with Gasteiger partial charge in [-0.15, -0.1) is 0 Å². The number of hydrogen-bond donors (Lipinski definition) is 1. The summed E-state index contributed by atoms with van der Waals surface area (Å²) < 4.78 is 0. The molecule has 78 valence electrons. The maximum absolute atomic E-state index is 8.91. The van der Waals surface area contributed by atoms with E-state index in [0.29, 0.717) is 5.92 Å². The van der Waals surface area contributed by atoms with Crippen molar-refractivity contribution in [1.82, 2.24) is 0 Å². The fraction of sp³-hybridized carbons (Fsp3) is 0.286. The molecule has 0 bridgehead atoms. The van der Waals surface area contributed by atoms with Gasteiger partial charge in [0.2, 0.25) is 0 Å². The first kappa shape index (κ1) is 10.2. The largest absolute Gasteiger partial charge is 0.396 e. The van der Waals surface area contributed by atoms with Crippen LogP contribution in [0.3, 0.4) is 0 Å². The number of benzene rings is 2. The fourth-order valence-corrected chi connectivity index (χ4v) is 1.87. The summed E-state index contributed by atoms with van der Waals surface area (Å²) in [6.07, 6.45) is 0.832. The van der Waals surface area contributed by atoms with E-state index in [2.05, 4.69) is 49.4 Å². The summed E-state index contributed by atoms with van der Waals surface area (Å²) >= 11 is 0. The fourth-order valence-electron chi connectivity index (χ4n) is 1.87. The van der Waals surface area contributed by atoms with Crippen molar-refractivity contribution in [2.45, 2.75) is 19.3 Å². The lowest BCUT2D eigenvalue weighted by atomic mass is 9.95. The van der Waals surface area contributed by atoms with Crippen molar-refractivity contribution in [1.29, 1.82) is 0 Å². The molecule has 0 fully saturated rings. The highest BCUT2D eigenvalue weighted by Crippen LogP contribution is 2.23. The monoisotopic (exact) mass is 200 g/mol. The molecule has 0 amide bonds. The summed E-state index contributed by atoms with van der Waals surface area (Å²) in [6.45, 7) is 2.41. The van der Waals surface area contributed by atoms with Crippen LogP contribution in [0.2, 0.25) is 0 Å². The molecular formula is C14H16O. The van der Waals surface area contributed by atoms with Gasteiger partial charge in [0, 0.05) is 6.61 Å². The van der Waals surface area contributed by atoms with Gasteiger partial charge in [-0.25, -0.2) is 0 Å². The average Bonchev–Trinajstić information content (AvgIpc) is 2.29. The Kier molecular flexibility index (Phi) is 3.02. The lowest BCUT2D eigenvalue weighted by Gasteiger charge is -2.10. The van der Waals surface area contributed by atoms with Gasteiger partial charge in [0.05, 0.1) is 0 Å². The second-order valence-corrected chi connectivity index (χ2v) is 4.02. The van der Waals surface area contributed by atoms with Crippen molar-refractivity contribution in [2.75, 3.05) is 6.61 Å². The third kappa shape index (κ3) is 2.18. The van der Waals surface area contributed by atoms with E-state index >= 15 is 0 Å². The van der Waals surface area contributed by atoms with Gasteiger partial charge in [-0.2, -0.15) is 0 Å². The summed E-state index contributed by atoms with van der Waals surface area (Å²) in [4.78, 5) is 0. The molecule has 1 heteroatoms. The van der Waals surface area contributed by atoms with E-state index in [1.54, 1.807) is 0 Å². The third-order valence-electron chi connectivity index (χ3n) is 2.90. The van der Waals surface area contributed by atoms with E-state index in [-0.39, 0.29) is 6.61 Å². The zero-order valence-electron chi connectivity index (χ0n) is 8.98. The summed E-state index contributed by atoms with van der Waals surface area (Å²) in [5, 5.41) is 11.5. The topological polar surface area (TPSA) is 20.2 Å². The number of aliphatic hydroxyl groups is 1. The quantitative estimate of drug-likeness (QED) is 0.805. The lowest BCUT2D eigenvalue weighted by Crippen LogP contribution is -1.96. The molecule has 2 aromatic carbocycles. The molecule has 1 atom stereocenters. The van der Waals surface area contributed by atoms with Crippen molar-refractivity contribution in [3.63, 3.8) is 0 Å². The number of fused-ring (bicyclic) bond motifs is 1. The van der Waals surface area contributed by atoms with Crippen LogP contribution in [-0.4, -0.2) is 11.7 Å². The Morgan fingerprint density at radius 3 is 2.53 bits per heavy atom. The third-order valence-corrected chi connectivity index (χ3v) is 2.90. The molecule has 0 aliphatic rings.